The van der Waals surface area contributed by atoms with E-state index >= 15 is 0 Å². The first-order chi connectivity index (χ1) is 15.0. The molecule has 4 unspecified atom stereocenters. The van der Waals surface area contributed by atoms with E-state index in [0.717, 1.165) is 18.4 Å². The van der Waals surface area contributed by atoms with E-state index in [1.807, 2.05) is 42.5 Å². The smallest absolute Gasteiger partial charge is 0.253 e. The minimum atomic E-state index is -1.36. The Hall–Kier alpha value is -2.45. The number of benzene rings is 2. The largest absolute Gasteiger partial charge is 0.497 e. The van der Waals surface area contributed by atoms with E-state index in [2.05, 4.69) is 6.92 Å². The van der Waals surface area contributed by atoms with Crippen LogP contribution in [0.15, 0.2) is 54.6 Å². The predicted molar refractivity (Wildman–Crippen MR) is 116 cm³/mol. The highest BCUT2D eigenvalue weighted by atomic mass is 16.7. The van der Waals surface area contributed by atoms with Crippen molar-refractivity contribution in [2.45, 2.75) is 51.0 Å². The fraction of sp³-hybridized carbons (Fsp3) is 0.458. The molecule has 1 amide bonds. The number of hydrogen-bond acceptors (Lipinski definition) is 6. The predicted octanol–water partition coefficient (Wildman–Crippen LogP) is 2.60. The van der Waals surface area contributed by atoms with Gasteiger partial charge in [-0.3, -0.25) is 4.79 Å². The number of methoxy groups -OCH3 is 1. The summed E-state index contributed by atoms with van der Waals surface area (Å²) in [6.07, 6.45) is -2.21. The average Bonchev–Trinajstić information content (AvgIpc) is 3.07. The number of rotatable bonds is 10. The molecule has 1 heterocycles. The normalized spacial score (nSPS) is 23.0. The van der Waals surface area contributed by atoms with Crippen LogP contribution in [0, 0.1) is 0 Å². The molecule has 7 nitrogen and oxygen atoms in total. The van der Waals surface area contributed by atoms with Gasteiger partial charge in [0.05, 0.1) is 13.7 Å². The maximum absolute atomic E-state index is 13.0. The quantitative estimate of drug-likeness (QED) is 0.604. The number of aliphatic hydroxyl groups excluding tert-OH is 2. The van der Waals surface area contributed by atoms with Gasteiger partial charge in [0.25, 0.3) is 5.91 Å². The summed E-state index contributed by atoms with van der Waals surface area (Å²) in [6.45, 7) is 3.04. The van der Waals surface area contributed by atoms with Crippen LogP contribution in [0.25, 0.3) is 0 Å². The van der Waals surface area contributed by atoms with E-state index in [4.69, 9.17) is 14.2 Å². The summed E-state index contributed by atoms with van der Waals surface area (Å²) in [7, 11) is 1.59. The zero-order valence-corrected chi connectivity index (χ0v) is 18.0. The lowest BCUT2D eigenvalue weighted by atomic mass is 10.1. The number of aliphatic hydroxyl groups is 2. The molecule has 1 saturated heterocycles. The SMILES string of the molecule is CCCCN(CC1OC(O)C(O)C1OCc1cccc(OC)c1)C(=O)c1ccccc1. The molecule has 7 heteroatoms. The molecule has 2 aromatic rings. The number of carbonyl (C=O) groups excluding carboxylic acids is 1. The summed E-state index contributed by atoms with van der Waals surface area (Å²) in [6, 6.07) is 16.5. The lowest BCUT2D eigenvalue weighted by Gasteiger charge is -2.28. The molecule has 0 aromatic heterocycles. The molecule has 0 spiro atoms. The first-order valence-electron chi connectivity index (χ1n) is 10.6. The van der Waals surface area contributed by atoms with Crippen LogP contribution in [0.3, 0.4) is 0 Å². The fourth-order valence-corrected chi connectivity index (χ4v) is 3.63. The van der Waals surface area contributed by atoms with Crippen molar-refractivity contribution in [1.82, 2.24) is 4.90 Å². The maximum atomic E-state index is 13.0. The Kier molecular flexibility index (Phi) is 8.43. The molecule has 0 bridgehead atoms. The molecular weight excluding hydrogens is 398 g/mol. The Morgan fingerprint density at radius 1 is 1.13 bits per heavy atom. The van der Waals surface area contributed by atoms with Gasteiger partial charge in [-0.2, -0.15) is 0 Å². The van der Waals surface area contributed by atoms with Gasteiger partial charge in [0.1, 0.15) is 24.1 Å². The van der Waals surface area contributed by atoms with Crippen molar-refractivity contribution in [3.8, 4) is 5.75 Å². The molecule has 0 saturated carbocycles. The minimum absolute atomic E-state index is 0.111. The molecule has 1 aliphatic rings. The topological polar surface area (TPSA) is 88.5 Å². The Bertz CT molecular complexity index is 830. The van der Waals surface area contributed by atoms with Gasteiger partial charge in [-0.1, -0.05) is 43.7 Å². The van der Waals surface area contributed by atoms with E-state index in [1.165, 1.54) is 0 Å². The third kappa shape index (κ3) is 6.04. The second-order valence-electron chi connectivity index (χ2n) is 7.65. The molecule has 2 aromatic carbocycles. The van der Waals surface area contributed by atoms with Gasteiger partial charge in [-0.05, 0) is 36.2 Å². The zero-order valence-electron chi connectivity index (χ0n) is 18.0. The number of carbonyl (C=O) groups is 1. The Morgan fingerprint density at radius 2 is 1.90 bits per heavy atom. The lowest BCUT2D eigenvalue weighted by Crippen LogP contribution is -2.44. The van der Waals surface area contributed by atoms with Crippen molar-refractivity contribution >= 4 is 5.91 Å². The molecular formula is C24H31NO6. The van der Waals surface area contributed by atoms with Crippen LogP contribution in [0.2, 0.25) is 0 Å². The van der Waals surface area contributed by atoms with Crippen molar-refractivity contribution in [2.24, 2.45) is 0 Å². The molecule has 1 aliphatic heterocycles. The summed E-state index contributed by atoms with van der Waals surface area (Å²) >= 11 is 0. The first kappa shape index (κ1) is 23.2. The number of ether oxygens (including phenoxy) is 3. The van der Waals surface area contributed by atoms with Gasteiger partial charge >= 0.3 is 0 Å². The highest BCUT2D eigenvalue weighted by Gasteiger charge is 2.44. The van der Waals surface area contributed by atoms with Gasteiger partial charge in [0.2, 0.25) is 0 Å². The highest BCUT2D eigenvalue weighted by Crippen LogP contribution is 2.26. The van der Waals surface area contributed by atoms with E-state index in [-0.39, 0.29) is 19.1 Å². The van der Waals surface area contributed by atoms with Crippen LogP contribution in [-0.4, -0.2) is 65.8 Å². The number of unbranched alkanes of at least 4 members (excludes halogenated alkanes) is 1. The van der Waals surface area contributed by atoms with E-state index in [0.29, 0.717) is 17.9 Å². The third-order valence-electron chi connectivity index (χ3n) is 5.38. The van der Waals surface area contributed by atoms with Crippen molar-refractivity contribution in [3.05, 3.63) is 65.7 Å². The second-order valence-corrected chi connectivity index (χ2v) is 7.65. The van der Waals surface area contributed by atoms with Crippen LogP contribution < -0.4 is 4.74 Å². The molecule has 3 rings (SSSR count). The Morgan fingerprint density at radius 3 is 2.61 bits per heavy atom. The van der Waals surface area contributed by atoms with Crippen molar-refractivity contribution in [2.75, 3.05) is 20.2 Å². The summed E-state index contributed by atoms with van der Waals surface area (Å²) in [5.74, 6) is 0.597. The fourth-order valence-electron chi connectivity index (χ4n) is 3.63. The van der Waals surface area contributed by atoms with Gasteiger partial charge in [0, 0.05) is 18.7 Å². The Balaban J connectivity index is 1.71. The number of nitrogens with zero attached hydrogens (tertiary/aromatic N) is 1. The second kappa shape index (κ2) is 11.2. The molecule has 0 aliphatic carbocycles. The monoisotopic (exact) mass is 429 g/mol. The average molecular weight is 430 g/mol. The van der Waals surface area contributed by atoms with Crippen LogP contribution >= 0.6 is 0 Å². The summed E-state index contributed by atoms with van der Waals surface area (Å²) in [5, 5.41) is 20.5. The first-order valence-corrected chi connectivity index (χ1v) is 10.6. The number of amides is 1. The minimum Gasteiger partial charge on any atom is -0.497 e. The Labute approximate surface area is 183 Å². The van der Waals surface area contributed by atoms with Gasteiger partial charge in [-0.15, -0.1) is 0 Å². The molecule has 1 fully saturated rings. The van der Waals surface area contributed by atoms with Crippen LogP contribution in [0.5, 0.6) is 5.75 Å². The zero-order chi connectivity index (χ0) is 22.2. The van der Waals surface area contributed by atoms with Crippen molar-refractivity contribution in [3.63, 3.8) is 0 Å². The highest BCUT2D eigenvalue weighted by molar-refractivity contribution is 5.94. The van der Waals surface area contributed by atoms with Crippen LogP contribution in [0.1, 0.15) is 35.7 Å². The molecule has 0 radical (unpaired) electrons. The molecule has 31 heavy (non-hydrogen) atoms. The molecule has 2 N–H and O–H groups in total. The maximum Gasteiger partial charge on any atom is 0.253 e. The van der Waals surface area contributed by atoms with E-state index < -0.39 is 24.6 Å². The standard InChI is InChI=1S/C24H31NO6/c1-3-4-13-25(23(27)18-10-6-5-7-11-18)15-20-22(21(26)24(28)31-20)30-16-17-9-8-12-19(14-17)29-2/h5-12,14,20-22,24,26,28H,3-4,13,15-16H2,1-2H3. The summed E-state index contributed by atoms with van der Waals surface area (Å²) < 4.78 is 16.8. The summed E-state index contributed by atoms with van der Waals surface area (Å²) in [5.41, 5.74) is 1.46. The number of hydrogen-bond donors (Lipinski definition) is 2. The third-order valence-corrected chi connectivity index (χ3v) is 5.38. The van der Waals surface area contributed by atoms with E-state index in [9.17, 15) is 15.0 Å². The van der Waals surface area contributed by atoms with E-state index in [1.54, 1.807) is 24.1 Å². The van der Waals surface area contributed by atoms with Crippen molar-refractivity contribution in [1.29, 1.82) is 0 Å². The lowest BCUT2D eigenvalue weighted by molar-refractivity contribution is -0.129. The van der Waals surface area contributed by atoms with Crippen LogP contribution in [-0.2, 0) is 16.1 Å². The van der Waals surface area contributed by atoms with Gasteiger partial charge in [0.15, 0.2) is 6.29 Å². The van der Waals surface area contributed by atoms with Gasteiger partial charge in [-0.25, -0.2) is 0 Å². The van der Waals surface area contributed by atoms with Crippen LogP contribution in [0.4, 0.5) is 0 Å². The molecule has 4 atom stereocenters. The van der Waals surface area contributed by atoms with Gasteiger partial charge < -0.3 is 29.3 Å². The van der Waals surface area contributed by atoms with Crippen molar-refractivity contribution < 1.29 is 29.2 Å². The summed E-state index contributed by atoms with van der Waals surface area (Å²) in [4.78, 5) is 14.8. The molecule has 168 valence electrons.